The SMILES string of the molecule is CC1OCCC1Sc1ccc(CNC(C)(C)C)cc1. The Morgan fingerprint density at radius 1 is 1.26 bits per heavy atom. The first kappa shape index (κ1) is 14.9. The van der Waals surface area contributed by atoms with Crippen LogP contribution in [0.25, 0.3) is 0 Å². The lowest BCUT2D eigenvalue weighted by Gasteiger charge is -2.20. The maximum Gasteiger partial charge on any atom is 0.0669 e. The van der Waals surface area contributed by atoms with Gasteiger partial charge >= 0.3 is 0 Å². The Kier molecular flexibility index (Phi) is 4.93. The molecule has 1 heterocycles. The Morgan fingerprint density at radius 3 is 2.47 bits per heavy atom. The van der Waals surface area contributed by atoms with E-state index in [-0.39, 0.29) is 5.54 Å². The Bertz CT molecular complexity index is 396. The van der Waals surface area contributed by atoms with Crippen LogP contribution in [0.5, 0.6) is 0 Å². The van der Waals surface area contributed by atoms with Gasteiger partial charge in [0.15, 0.2) is 0 Å². The Hall–Kier alpha value is -0.510. The summed E-state index contributed by atoms with van der Waals surface area (Å²) in [6.07, 6.45) is 1.55. The van der Waals surface area contributed by atoms with Crippen LogP contribution in [-0.4, -0.2) is 23.5 Å². The molecule has 0 aromatic heterocycles. The molecule has 0 aliphatic carbocycles. The summed E-state index contributed by atoms with van der Waals surface area (Å²) in [7, 11) is 0. The van der Waals surface area contributed by atoms with E-state index in [0.717, 1.165) is 13.2 Å². The average Bonchev–Trinajstić information content (AvgIpc) is 2.73. The van der Waals surface area contributed by atoms with Gasteiger partial charge in [0, 0.05) is 28.8 Å². The minimum Gasteiger partial charge on any atom is -0.377 e. The van der Waals surface area contributed by atoms with Gasteiger partial charge < -0.3 is 10.1 Å². The maximum absolute atomic E-state index is 5.61. The molecule has 1 aromatic carbocycles. The van der Waals surface area contributed by atoms with E-state index in [1.54, 1.807) is 0 Å². The van der Waals surface area contributed by atoms with Gasteiger partial charge in [-0.15, -0.1) is 11.8 Å². The molecule has 1 N–H and O–H groups in total. The third-order valence-electron chi connectivity index (χ3n) is 3.34. The second kappa shape index (κ2) is 6.29. The zero-order valence-corrected chi connectivity index (χ0v) is 13.2. The van der Waals surface area contributed by atoms with E-state index in [1.165, 1.54) is 16.9 Å². The molecular formula is C16H25NOS. The van der Waals surface area contributed by atoms with Crippen LogP contribution in [-0.2, 0) is 11.3 Å². The van der Waals surface area contributed by atoms with Gasteiger partial charge in [0.25, 0.3) is 0 Å². The van der Waals surface area contributed by atoms with E-state index in [2.05, 4.69) is 57.3 Å². The fourth-order valence-corrected chi connectivity index (χ4v) is 3.22. The second-order valence-electron chi connectivity index (χ2n) is 6.27. The van der Waals surface area contributed by atoms with Gasteiger partial charge in [-0.1, -0.05) is 12.1 Å². The quantitative estimate of drug-likeness (QED) is 0.904. The van der Waals surface area contributed by atoms with Crippen LogP contribution in [0.2, 0.25) is 0 Å². The van der Waals surface area contributed by atoms with Crippen molar-refractivity contribution in [2.24, 2.45) is 0 Å². The van der Waals surface area contributed by atoms with Gasteiger partial charge in [0.2, 0.25) is 0 Å². The molecule has 2 nitrogen and oxygen atoms in total. The molecule has 19 heavy (non-hydrogen) atoms. The van der Waals surface area contributed by atoms with E-state index >= 15 is 0 Å². The van der Waals surface area contributed by atoms with Gasteiger partial charge in [-0.2, -0.15) is 0 Å². The molecule has 1 aliphatic rings. The summed E-state index contributed by atoms with van der Waals surface area (Å²) >= 11 is 1.95. The largest absolute Gasteiger partial charge is 0.377 e. The lowest BCUT2D eigenvalue weighted by Crippen LogP contribution is -2.35. The van der Waals surface area contributed by atoms with Crippen LogP contribution in [0, 0.1) is 0 Å². The predicted molar refractivity (Wildman–Crippen MR) is 82.7 cm³/mol. The molecule has 1 aliphatic heterocycles. The molecule has 3 heteroatoms. The third kappa shape index (κ3) is 4.83. The van der Waals surface area contributed by atoms with Crippen molar-refractivity contribution in [1.29, 1.82) is 0 Å². The van der Waals surface area contributed by atoms with Crippen molar-refractivity contribution in [3.63, 3.8) is 0 Å². The van der Waals surface area contributed by atoms with E-state index < -0.39 is 0 Å². The molecule has 2 atom stereocenters. The summed E-state index contributed by atoms with van der Waals surface area (Å²) < 4.78 is 5.61. The summed E-state index contributed by atoms with van der Waals surface area (Å²) in [6.45, 7) is 10.6. The first-order chi connectivity index (χ1) is 8.94. The molecule has 2 unspecified atom stereocenters. The number of hydrogen-bond donors (Lipinski definition) is 1. The summed E-state index contributed by atoms with van der Waals surface area (Å²) in [5, 5.41) is 4.12. The fraction of sp³-hybridized carbons (Fsp3) is 0.625. The molecule has 1 aromatic rings. The van der Waals surface area contributed by atoms with Gasteiger partial charge in [-0.3, -0.25) is 0 Å². The highest BCUT2D eigenvalue weighted by atomic mass is 32.2. The molecule has 0 bridgehead atoms. The summed E-state index contributed by atoms with van der Waals surface area (Å²) in [6, 6.07) is 8.91. The van der Waals surface area contributed by atoms with Crippen LogP contribution >= 0.6 is 11.8 Å². The monoisotopic (exact) mass is 279 g/mol. The van der Waals surface area contributed by atoms with Crippen molar-refractivity contribution >= 4 is 11.8 Å². The van der Waals surface area contributed by atoms with Crippen molar-refractivity contribution in [2.45, 2.75) is 62.4 Å². The summed E-state index contributed by atoms with van der Waals surface area (Å²) in [5.74, 6) is 0. The van der Waals surface area contributed by atoms with Gasteiger partial charge in [0.1, 0.15) is 0 Å². The third-order valence-corrected chi connectivity index (χ3v) is 4.81. The Labute approximate surface area is 121 Å². The van der Waals surface area contributed by atoms with Crippen LogP contribution < -0.4 is 5.32 Å². The highest BCUT2D eigenvalue weighted by Gasteiger charge is 2.24. The molecule has 1 saturated heterocycles. The minimum absolute atomic E-state index is 0.171. The maximum atomic E-state index is 5.61. The summed E-state index contributed by atoms with van der Waals surface area (Å²) in [5.41, 5.74) is 1.51. The normalized spacial score (nSPS) is 23.8. The lowest BCUT2D eigenvalue weighted by molar-refractivity contribution is 0.127. The number of benzene rings is 1. The van der Waals surface area contributed by atoms with Crippen LogP contribution in [0.4, 0.5) is 0 Å². The fourth-order valence-electron chi connectivity index (χ4n) is 2.09. The first-order valence-corrected chi connectivity index (χ1v) is 7.94. The number of rotatable bonds is 4. The molecule has 0 radical (unpaired) electrons. The zero-order chi connectivity index (χ0) is 13.9. The average molecular weight is 279 g/mol. The van der Waals surface area contributed by atoms with Crippen molar-refractivity contribution in [2.75, 3.05) is 6.61 Å². The van der Waals surface area contributed by atoms with Crippen molar-refractivity contribution in [3.8, 4) is 0 Å². The molecule has 0 saturated carbocycles. The van der Waals surface area contributed by atoms with Crippen molar-refractivity contribution < 1.29 is 4.74 Å². The molecule has 0 amide bonds. The molecule has 0 spiro atoms. The number of nitrogens with one attached hydrogen (secondary N) is 1. The smallest absolute Gasteiger partial charge is 0.0669 e. The van der Waals surface area contributed by atoms with Crippen LogP contribution in [0.1, 0.15) is 39.7 Å². The second-order valence-corrected chi connectivity index (χ2v) is 7.58. The zero-order valence-electron chi connectivity index (χ0n) is 12.4. The first-order valence-electron chi connectivity index (χ1n) is 7.06. The highest BCUT2D eigenvalue weighted by Crippen LogP contribution is 2.32. The molecular weight excluding hydrogens is 254 g/mol. The standard InChI is InChI=1S/C16H25NOS/c1-12-15(9-10-18-12)19-14-7-5-13(6-8-14)11-17-16(2,3)4/h5-8,12,15,17H,9-11H2,1-4H3. The molecule has 1 fully saturated rings. The Balaban J connectivity index is 1.87. The lowest BCUT2D eigenvalue weighted by atomic mass is 10.1. The van der Waals surface area contributed by atoms with Crippen LogP contribution in [0.15, 0.2) is 29.2 Å². The van der Waals surface area contributed by atoms with Crippen molar-refractivity contribution in [3.05, 3.63) is 29.8 Å². The van der Waals surface area contributed by atoms with Gasteiger partial charge in [0.05, 0.1) is 6.10 Å². The van der Waals surface area contributed by atoms with E-state index in [0.29, 0.717) is 11.4 Å². The molecule has 2 rings (SSSR count). The Morgan fingerprint density at radius 2 is 1.95 bits per heavy atom. The number of hydrogen-bond acceptors (Lipinski definition) is 3. The van der Waals surface area contributed by atoms with E-state index in [4.69, 9.17) is 4.74 Å². The van der Waals surface area contributed by atoms with Gasteiger partial charge in [-0.05, 0) is 51.8 Å². The summed E-state index contributed by atoms with van der Waals surface area (Å²) in [4.78, 5) is 1.35. The topological polar surface area (TPSA) is 21.3 Å². The minimum atomic E-state index is 0.171. The van der Waals surface area contributed by atoms with E-state index in [9.17, 15) is 0 Å². The van der Waals surface area contributed by atoms with Gasteiger partial charge in [-0.25, -0.2) is 0 Å². The predicted octanol–water partition coefficient (Wildman–Crippen LogP) is 3.84. The molecule has 106 valence electrons. The van der Waals surface area contributed by atoms with Crippen LogP contribution in [0.3, 0.4) is 0 Å². The number of thioether (sulfide) groups is 1. The van der Waals surface area contributed by atoms with E-state index in [1.807, 2.05) is 11.8 Å². The highest BCUT2D eigenvalue weighted by molar-refractivity contribution is 8.00. The number of ether oxygens (including phenoxy) is 1. The van der Waals surface area contributed by atoms with Crippen molar-refractivity contribution in [1.82, 2.24) is 5.32 Å².